The molecule has 3 heterocycles. The molecule has 11 heteroatoms. The van der Waals surface area contributed by atoms with Crippen molar-refractivity contribution in [3.05, 3.63) is 57.7 Å². The number of aromatic nitrogens is 1. The van der Waals surface area contributed by atoms with Gasteiger partial charge in [0.25, 0.3) is 5.91 Å². The molecule has 0 N–H and O–H groups in total. The molecule has 0 aliphatic carbocycles. The minimum Gasteiger partial charge on any atom is -0.357 e. The minimum absolute atomic E-state index is 0.0385. The summed E-state index contributed by atoms with van der Waals surface area (Å²) in [5.41, 5.74) is 0.209. The third kappa shape index (κ3) is 7.03. The van der Waals surface area contributed by atoms with Gasteiger partial charge in [0, 0.05) is 45.3 Å². The molecule has 1 aromatic carbocycles. The second-order valence-electron chi connectivity index (χ2n) is 11.5. The van der Waals surface area contributed by atoms with E-state index >= 15 is 0 Å². The minimum atomic E-state index is -4.70. The van der Waals surface area contributed by atoms with E-state index in [1.807, 2.05) is 6.07 Å². The Labute approximate surface area is 243 Å². The zero-order valence-corrected chi connectivity index (χ0v) is 24.5. The Balaban J connectivity index is 1.32. The standard InChI is InChI=1S/C29H35Cl2F3N4O2/c1-28(11-15-38(16-12-28)27(40)24(29(32,33)34)20-5-4-6-21(30)17-20)18-19-9-13-37(14-10-19)23-8-7-22(25(31)35-23)26(39)36(2)3/h4-8,17,19,24H,9-16,18H2,1-3H3. The lowest BCUT2D eigenvalue weighted by Gasteiger charge is -2.43. The van der Waals surface area contributed by atoms with Gasteiger partial charge in [-0.3, -0.25) is 9.59 Å². The third-order valence-electron chi connectivity index (χ3n) is 8.23. The molecule has 1 unspecified atom stereocenters. The smallest absolute Gasteiger partial charge is 0.357 e. The third-order valence-corrected chi connectivity index (χ3v) is 8.75. The van der Waals surface area contributed by atoms with Gasteiger partial charge in [0.2, 0.25) is 5.91 Å². The first-order valence-corrected chi connectivity index (χ1v) is 14.3. The molecule has 4 rings (SSSR count). The number of anilines is 1. The Bertz CT molecular complexity index is 1220. The molecule has 0 spiro atoms. The van der Waals surface area contributed by atoms with Crippen LogP contribution < -0.4 is 4.90 Å². The Morgan fingerprint density at radius 3 is 2.27 bits per heavy atom. The number of hydrogen-bond donors (Lipinski definition) is 0. The van der Waals surface area contributed by atoms with E-state index in [0.717, 1.165) is 38.2 Å². The number of rotatable bonds is 6. The topological polar surface area (TPSA) is 56.8 Å². The fourth-order valence-corrected chi connectivity index (χ4v) is 6.30. The molecular weight excluding hydrogens is 564 g/mol. The summed E-state index contributed by atoms with van der Waals surface area (Å²) >= 11 is 12.2. The molecular formula is C29H35Cl2F3N4O2. The Kier molecular flexibility index (Phi) is 9.25. The number of pyridine rings is 1. The van der Waals surface area contributed by atoms with Crippen LogP contribution in [0, 0.1) is 11.3 Å². The molecule has 2 amide bonds. The van der Waals surface area contributed by atoms with Crippen molar-refractivity contribution in [1.29, 1.82) is 0 Å². The van der Waals surface area contributed by atoms with Crippen molar-refractivity contribution in [2.75, 3.05) is 45.2 Å². The fourth-order valence-electron chi connectivity index (χ4n) is 5.88. The normalized spacial score (nSPS) is 18.9. The summed E-state index contributed by atoms with van der Waals surface area (Å²) in [6, 6.07) is 9.01. The number of piperidine rings is 2. The number of carbonyl (C=O) groups excluding carboxylic acids is 2. The maximum atomic E-state index is 13.9. The molecule has 2 saturated heterocycles. The van der Waals surface area contributed by atoms with Gasteiger partial charge in [0.15, 0.2) is 5.92 Å². The van der Waals surface area contributed by atoms with Crippen molar-refractivity contribution in [2.45, 2.75) is 51.1 Å². The van der Waals surface area contributed by atoms with Crippen molar-refractivity contribution in [2.24, 2.45) is 11.3 Å². The number of alkyl halides is 3. The van der Waals surface area contributed by atoms with Gasteiger partial charge in [-0.15, -0.1) is 0 Å². The van der Waals surface area contributed by atoms with Crippen LogP contribution in [0.3, 0.4) is 0 Å². The van der Waals surface area contributed by atoms with Gasteiger partial charge in [0.05, 0.1) is 5.56 Å². The fraction of sp³-hybridized carbons (Fsp3) is 0.552. The molecule has 1 aromatic heterocycles. The first-order chi connectivity index (χ1) is 18.8. The summed E-state index contributed by atoms with van der Waals surface area (Å²) < 4.78 is 41.8. The molecule has 2 aromatic rings. The van der Waals surface area contributed by atoms with E-state index in [1.54, 1.807) is 20.2 Å². The summed E-state index contributed by atoms with van der Waals surface area (Å²) in [7, 11) is 3.33. The number of benzene rings is 1. The number of nitrogens with zero attached hydrogens (tertiary/aromatic N) is 4. The van der Waals surface area contributed by atoms with E-state index in [-0.39, 0.29) is 27.1 Å². The molecule has 0 radical (unpaired) electrons. The molecule has 1 atom stereocenters. The lowest BCUT2D eigenvalue weighted by atomic mass is 9.71. The van der Waals surface area contributed by atoms with Crippen molar-refractivity contribution in [3.63, 3.8) is 0 Å². The van der Waals surface area contributed by atoms with Gasteiger partial charge in [-0.2, -0.15) is 13.2 Å². The first kappa shape index (κ1) is 30.4. The quantitative estimate of drug-likeness (QED) is 0.348. The predicted octanol–water partition coefficient (Wildman–Crippen LogP) is 6.67. The van der Waals surface area contributed by atoms with Gasteiger partial charge < -0.3 is 14.7 Å². The van der Waals surface area contributed by atoms with Crippen molar-refractivity contribution < 1.29 is 22.8 Å². The molecule has 2 aliphatic heterocycles. The summed E-state index contributed by atoms with van der Waals surface area (Å²) in [6.45, 7) is 4.41. The molecule has 0 saturated carbocycles. The van der Waals surface area contributed by atoms with Crippen molar-refractivity contribution in [3.8, 4) is 0 Å². The summed E-state index contributed by atoms with van der Waals surface area (Å²) in [4.78, 5) is 34.8. The van der Waals surface area contributed by atoms with E-state index in [0.29, 0.717) is 37.4 Å². The van der Waals surface area contributed by atoms with Gasteiger partial charge in [0.1, 0.15) is 11.0 Å². The number of amides is 2. The molecule has 218 valence electrons. The Morgan fingerprint density at radius 1 is 1.07 bits per heavy atom. The van der Waals surface area contributed by atoms with Crippen LogP contribution in [0.5, 0.6) is 0 Å². The first-order valence-electron chi connectivity index (χ1n) is 13.5. The maximum Gasteiger partial charge on any atom is 0.404 e. The summed E-state index contributed by atoms with van der Waals surface area (Å²) in [5, 5.41) is 0.363. The largest absolute Gasteiger partial charge is 0.404 e. The Morgan fingerprint density at radius 2 is 1.73 bits per heavy atom. The maximum absolute atomic E-state index is 13.9. The molecule has 2 aliphatic rings. The monoisotopic (exact) mass is 598 g/mol. The summed E-state index contributed by atoms with van der Waals surface area (Å²) in [6.07, 6.45) is -0.487. The second kappa shape index (κ2) is 12.1. The highest BCUT2D eigenvalue weighted by Crippen LogP contribution is 2.43. The van der Waals surface area contributed by atoms with Gasteiger partial charge in [-0.05, 0) is 73.3 Å². The average Bonchev–Trinajstić information content (AvgIpc) is 2.88. The molecule has 0 bridgehead atoms. The van der Waals surface area contributed by atoms with Crippen LogP contribution in [0.1, 0.15) is 60.9 Å². The zero-order chi connectivity index (χ0) is 29.2. The predicted molar refractivity (Wildman–Crippen MR) is 151 cm³/mol. The molecule has 2 fully saturated rings. The van der Waals surface area contributed by atoms with Crippen LogP contribution in [0.25, 0.3) is 0 Å². The van der Waals surface area contributed by atoms with E-state index in [1.165, 1.54) is 34.1 Å². The van der Waals surface area contributed by atoms with Crippen LogP contribution in [0.15, 0.2) is 36.4 Å². The van der Waals surface area contributed by atoms with Crippen LogP contribution in [-0.2, 0) is 4.79 Å². The van der Waals surface area contributed by atoms with E-state index in [2.05, 4.69) is 16.8 Å². The van der Waals surface area contributed by atoms with Gasteiger partial charge >= 0.3 is 6.18 Å². The number of carbonyl (C=O) groups is 2. The van der Waals surface area contributed by atoms with Crippen LogP contribution in [0.2, 0.25) is 10.2 Å². The van der Waals surface area contributed by atoms with Crippen molar-refractivity contribution >= 4 is 40.8 Å². The highest BCUT2D eigenvalue weighted by Gasteiger charge is 2.48. The number of halogens is 5. The second-order valence-corrected chi connectivity index (χ2v) is 12.3. The molecule has 6 nitrogen and oxygen atoms in total. The number of hydrogen-bond acceptors (Lipinski definition) is 4. The van der Waals surface area contributed by atoms with Gasteiger partial charge in [-0.25, -0.2) is 4.98 Å². The van der Waals surface area contributed by atoms with E-state index < -0.39 is 18.0 Å². The Hall–Kier alpha value is -2.52. The summed E-state index contributed by atoms with van der Waals surface area (Å²) in [5.74, 6) is -2.09. The highest BCUT2D eigenvalue weighted by atomic mass is 35.5. The number of likely N-dealkylation sites (tertiary alicyclic amines) is 1. The van der Waals surface area contributed by atoms with Crippen LogP contribution in [-0.4, -0.2) is 73.0 Å². The van der Waals surface area contributed by atoms with Gasteiger partial charge in [-0.1, -0.05) is 42.3 Å². The van der Waals surface area contributed by atoms with E-state index in [4.69, 9.17) is 23.2 Å². The lowest BCUT2D eigenvalue weighted by Crippen LogP contribution is -2.47. The van der Waals surface area contributed by atoms with E-state index in [9.17, 15) is 22.8 Å². The highest BCUT2D eigenvalue weighted by molar-refractivity contribution is 6.32. The lowest BCUT2D eigenvalue weighted by molar-refractivity contribution is -0.173. The van der Waals surface area contributed by atoms with Crippen molar-refractivity contribution in [1.82, 2.24) is 14.8 Å². The molecule has 40 heavy (non-hydrogen) atoms. The van der Waals surface area contributed by atoms with Crippen LogP contribution >= 0.6 is 23.2 Å². The average molecular weight is 600 g/mol. The van der Waals surface area contributed by atoms with Crippen LogP contribution in [0.4, 0.5) is 19.0 Å². The SMILES string of the molecule is CN(C)C(=O)c1ccc(N2CCC(CC3(C)CCN(C(=O)C(c4cccc(Cl)c4)C(F)(F)F)CC3)CC2)nc1Cl. The zero-order valence-electron chi connectivity index (χ0n) is 23.0.